The third-order valence-corrected chi connectivity index (χ3v) is 4.65. The summed E-state index contributed by atoms with van der Waals surface area (Å²) >= 11 is 1.33. The predicted molar refractivity (Wildman–Crippen MR) is 91.7 cm³/mol. The average Bonchev–Trinajstić information content (AvgIpc) is 3.35. The van der Waals surface area contributed by atoms with E-state index in [4.69, 9.17) is 0 Å². The maximum Gasteiger partial charge on any atom is 0.315 e. The first kappa shape index (κ1) is 16.6. The Balaban J connectivity index is 1.60. The molecule has 1 aromatic heterocycles. The van der Waals surface area contributed by atoms with E-state index >= 15 is 0 Å². The summed E-state index contributed by atoms with van der Waals surface area (Å²) in [5.41, 5.74) is 1.83. The SMILES string of the molecule is O=C(Nc1nc(C2CC2)cs1)C(=O)N[C@H](CCO)c1ccccc1. The number of aromatic nitrogens is 1. The van der Waals surface area contributed by atoms with E-state index in [2.05, 4.69) is 15.6 Å². The van der Waals surface area contributed by atoms with Crippen LogP contribution in [0.2, 0.25) is 0 Å². The van der Waals surface area contributed by atoms with E-state index in [0.717, 1.165) is 24.1 Å². The molecule has 1 fully saturated rings. The standard InChI is InChI=1S/C17H19N3O3S/c21-9-8-13(11-4-2-1-3-5-11)18-15(22)16(23)20-17-19-14(10-24-17)12-6-7-12/h1-5,10,12-13,21H,6-9H2,(H,18,22)(H,19,20,23)/t13-/m1/s1. The summed E-state index contributed by atoms with van der Waals surface area (Å²) in [5, 5.41) is 16.7. The Labute approximate surface area is 143 Å². The minimum Gasteiger partial charge on any atom is -0.396 e. The van der Waals surface area contributed by atoms with Crippen LogP contribution in [-0.2, 0) is 9.59 Å². The Hall–Kier alpha value is -2.25. The first-order valence-corrected chi connectivity index (χ1v) is 8.78. The molecule has 126 valence electrons. The largest absolute Gasteiger partial charge is 0.396 e. The van der Waals surface area contributed by atoms with Crippen LogP contribution in [0.3, 0.4) is 0 Å². The summed E-state index contributed by atoms with van der Waals surface area (Å²) in [7, 11) is 0. The van der Waals surface area contributed by atoms with Crippen molar-refractivity contribution in [3.8, 4) is 0 Å². The van der Waals surface area contributed by atoms with Gasteiger partial charge in [0.1, 0.15) is 0 Å². The van der Waals surface area contributed by atoms with Gasteiger partial charge in [-0.25, -0.2) is 4.98 Å². The van der Waals surface area contributed by atoms with Crippen LogP contribution in [0.15, 0.2) is 35.7 Å². The fourth-order valence-corrected chi connectivity index (χ4v) is 3.21. The molecule has 0 bridgehead atoms. The number of amides is 2. The fraction of sp³-hybridized carbons (Fsp3) is 0.353. The predicted octanol–water partition coefficient (Wildman–Crippen LogP) is 2.20. The highest BCUT2D eigenvalue weighted by Crippen LogP contribution is 2.40. The maximum atomic E-state index is 12.1. The third kappa shape index (κ3) is 4.18. The van der Waals surface area contributed by atoms with Crippen molar-refractivity contribution in [2.45, 2.75) is 31.2 Å². The summed E-state index contributed by atoms with van der Waals surface area (Å²) in [5.74, 6) is -0.973. The van der Waals surface area contributed by atoms with Gasteiger partial charge in [-0.05, 0) is 24.8 Å². The smallest absolute Gasteiger partial charge is 0.315 e. The molecule has 7 heteroatoms. The van der Waals surface area contributed by atoms with Crippen LogP contribution in [0, 0.1) is 0 Å². The molecule has 1 atom stereocenters. The van der Waals surface area contributed by atoms with E-state index < -0.39 is 17.9 Å². The van der Waals surface area contributed by atoms with Crippen molar-refractivity contribution in [1.29, 1.82) is 0 Å². The van der Waals surface area contributed by atoms with Crippen molar-refractivity contribution >= 4 is 28.3 Å². The van der Waals surface area contributed by atoms with E-state index in [-0.39, 0.29) is 6.61 Å². The molecular weight excluding hydrogens is 326 g/mol. The van der Waals surface area contributed by atoms with Gasteiger partial charge in [-0.3, -0.25) is 14.9 Å². The lowest BCUT2D eigenvalue weighted by Gasteiger charge is -2.17. The van der Waals surface area contributed by atoms with Crippen LogP contribution >= 0.6 is 11.3 Å². The van der Waals surface area contributed by atoms with Gasteiger partial charge in [-0.2, -0.15) is 0 Å². The summed E-state index contributed by atoms with van der Waals surface area (Å²) in [4.78, 5) is 28.5. The average molecular weight is 345 g/mol. The topological polar surface area (TPSA) is 91.3 Å². The van der Waals surface area contributed by atoms with Gasteiger partial charge >= 0.3 is 11.8 Å². The zero-order valence-corrected chi connectivity index (χ0v) is 13.9. The Morgan fingerprint density at radius 1 is 1.25 bits per heavy atom. The first-order valence-electron chi connectivity index (χ1n) is 7.90. The zero-order chi connectivity index (χ0) is 16.9. The van der Waals surface area contributed by atoms with Crippen molar-refractivity contribution < 1.29 is 14.7 Å². The highest BCUT2D eigenvalue weighted by atomic mass is 32.1. The van der Waals surface area contributed by atoms with Gasteiger partial charge in [-0.15, -0.1) is 11.3 Å². The number of thiazole rings is 1. The summed E-state index contributed by atoms with van der Waals surface area (Å²) in [6, 6.07) is 8.85. The van der Waals surface area contributed by atoms with Crippen LogP contribution in [0.25, 0.3) is 0 Å². The van der Waals surface area contributed by atoms with Gasteiger partial charge in [0.05, 0.1) is 11.7 Å². The number of hydrogen-bond acceptors (Lipinski definition) is 5. The second-order valence-corrected chi connectivity index (χ2v) is 6.61. The van der Waals surface area contributed by atoms with Crippen molar-refractivity contribution in [3.05, 3.63) is 47.0 Å². The van der Waals surface area contributed by atoms with Gasteiger partial charge in [0.2, 0.25) is 0 Å². The van der Waals surface area contributed by atoms with Crippen LogP contribution in [0.5, 0.6) is 0 Å². The van der Waals surface area contributed by atoms with E-state index in [0.29, 0.717) is 17.5 Å². The number of aliphatic hydroxyl groups is 1. The molecule has 3 rings (SSSR count). The number of carbonyl (C=O) groups excluding carboxylic acids is 2. The minimum absolute atomic E-state index is 0.0846. The maximum absolute atomic E-state index is 12.1. The molecular formula is C17H19N3O3S. The molecule has 2 aromatic rings. The monoisotopic (exact) mass is 345 g/mol. The number of rotatable bonds is 6. The van der Waals surface area contributed by atoms with Crippen LogP contribution in [0.4, 0.5) is 5.13 Å². The van der Waals surface area contributed by atoms with Crippen molar-refractivity contribution in [1.82, 2.24) is 10.3 Å². The van der Waals surface area contributed by atoms with Crippen molar-refractivity contribution in [2.75, 3.05) is 11.9 Å². The van der Waals surface area contributed by atoms with E-state index in [1.807, 2.05) is 35.7 Å². The first-order chi connectivity index (χ1) is 11.7. The fourth-order valence-electron chi connectivity index (χ4n) is 2.42. The molecule has 3 N–H and O–H groups in total. The molecule has 0 radical (unpaired) electrons. The number of nitrogens with zero attached hydrogens (tertiary/aromatic N) is 1. The number of nitrogens with one attached hydrogen (secondary N) is 2. The van der Waals surface area contributed by atoms with E-state index in [9.17, 15) is 14.7 Å². The number of hydrogen-bond donors (Lipinski definition) is 3. The van der Waals surface area contributed by atoms with Crippen LogP contribution < -0.4 is 10.6 Å². The normalized spacial score (nSPS) is 14.9. The second-order valence-electron chi connectivity index (χ2n) is 5.75. The van der Waals surface area contributed by atoms with Crippen LogP contribution in [-0.4, -0.2) is 28.5 Å². The Morgan fingerprint density at radius 3 is 2.67 bits per heavy atom. The molecule has 2 amide bonds. The summed E-state index contributed by atoms with van der Waals surface area (Å²) in [6.45, 7) is -0.0846. The molecule has 0 spiro atoms. The lowest BCUT2D eigenvalue weighted by Crippen LogP contribution is -2.38. The number of benzene rings is 1. The highest BCUT2D eigenvalue weighted by molar-refractivity contribution is 7.14. The molecule has 1 aliphatic carbocycles. The molecule has 0 aliphatic heterocycles. The lowest BCUT2D eigenvalue weighted by atomic mass is 10.0. The minimum atomic E-state index is -0.745. The van der Waals surface area contributed by atoms with Crippen molar-refractivity contribution in [3.63, 3.8) is 0 Å². The Kier molecular flexibility index (Phi) is 5.22. The second kappa shape index (κ2) is 7.55. The van der Waals surface area contributed by atoms with Gasteiger partial charge in [0.25, 0.3) is 0 Å². The van der Waals surface area contributed by atoms with Gasteiger partial charge in [-0.1, -0.05) is 30.3 Å². The van der Waals surface area contributed by atoms with E-state index in [1.54, 1.807) is 0 Å². The van der Waals surface area contributed by atoms with Gasteiger partial charge in [0, 0.05) is 17.9 Å². The number of carbonyl (C=O) groups is 2. The quantitative estimate of drug-likeness (QED) is 0.700. The molecule has 0 saturated heterocycles. The summed E-state index contributed by atoms with van der Waals surface area (Å²) < 4.78 is 0. The molecule has 1 aliphatic rings. The number of aliphatic hydroxyl groups excluding tert-OH is 1. The Bertz CT molecular complexity index is 713. The zero-order valence-electron chi connectivity index (χ0n) is 13.1. The molecule has 6 nitrogen and oxygen atoms in total. The molecule has 0 unspecified atom stereocenters. The van der Waals surface area contributed by atoms with Crippen molar-refractivity contribution in [2.24, 2.45) is 0 Å². The summed E-state index contributed by atoms with van der Waals surface area (Å²) in [6.07, 6.45) is 2.61. The molecule has 1 saturated carbocycles. The highest BCUT2D eigenvalue weighted by Gasteiger charge is 2.27. The number of anilines is 1. The van der Waals surface area contributed by atoms with E-state index in [1.165, 1.54) is 11.3 Å². The lowest BCUT2D eigenvalue weighted by molar-refractivity contribution is -0.136. The molecule has 24 heavy (non-hydrogen) atoms. The third-order valence-electron chi connectivity index (χ3n) is 3.87. The molecule has 1 heterocycles. The van der Waals surface area contributed by atoms with Crippen LogP contribution in [0.1, 0.15) is 42.5 Å². The van der Waals surface area contributed by atoms with Gasteiger partial charge in [0.15, 0.2) is 5.13 Å². The van der Waals surface area contributed by atoms with Gasteiger partial charge < -0.3 is 10.4 Å². The Morgan fingerprint density at radius 2 is 2.00 bits per heavy atom. The molecule has 1 aromatic carbocycles.